The first kappa shape index (κ1) is 16.5. The second kappa shape index (κ2) is 7.92. The van der Waals surface area contributed by atoms with E-state index in [2.05, 4.69) is 54.1 Å². The van der Waals surface area contributed by atoms with E-state index in [9.17, 15) is 0 Å². The maximum Gasteiger partial charge on any atom is 0.170 e. The molecule has 0 aliphatic heterocycles. The predicted molar refractivity (Wildman–Crippen MR) is 98.0 cm³/mol. The van der Waals surface area contributed by atoms with Gasteiger partial charge in [0.05, 0.1) is 0 Å². The number of hydrogen-bond acceptors (Lipinski definition) is 2. The highest BCUT2D eigenvalue weighted by molar-refractivity contribution is 7.80. The molecular weight excluding hydrogens is 290 g/mol. The van der Waals surface area contributed by atoms with Gasteiger partial charge in [0, 0.05) is 24.3 Å². The van der Waals surface area contributed by atoms with Gasteiger partial charge in [-0.25, -0.2) is 0 Å². The van der Waals surface area contributed by atoms with Crippen LogP contribution in [-0.4, -0.2) is 17.2 Å². The number of hydrogen-bond donors (Lipinski definition) is 3. The van der Waals surface area contributed by atoms with Crippen molar-refractivity contribution in [3.63, 3.8) is 0 Å². The highest BCUT2D eigenvalue weighted by Gasteiger charge is 2.17. The zero-order valence-corrected chi connectivity index (χ0v) is 13.9. The van der Waals surface area contributed by atoms with Crippen LogP contribution in [0.25, 0.3) is 0 Å². The van der Waals surface area contributed by atoms with Crippen LogP contribution in [0.4, 0.5) is 5.69 Å². The predicted octanol–water partition coefficient (Wildman–Crippen LogP) is 3.54. The maximum absolute atomic E-state index is 5.33. The van der Waals surface area contributed by atoms with Gasteiger partial charge >= 0.3 is 0 Å². The molecule has 22 heavy (non-hydrogen) atoms. The number of anilines is 1. The van der Waals surface area contributed by atoms with Gasteiger partial charge in [-0.3, -0.25) is 0 Å². The molecule has 0 spiro atoms. The van der Waals surface area contributed by atoms with Crippen molar-refractivity contribution >= 4 is 23.0 Å². The van der Waals surface area contributed by atoms with Crippen LogP contribution in [0.3, 0.4) is 0 Å². The zero-order valence-electron chi connectivity index (χ0n) is 13.1. The van der Waals surface area contributed by atoms with E-state index >= 15 is 0 Å². The summed E-state index contributed by atoms with van der Waals surface area (Å²) in [7, 11) is 0. The Hall–Kier alpha value is -1.91. The van der Waals surface area contributed by atoms with Crippen molar-refractivity contribution < 1.29 is 0 Å². The average molecular weight is 313 g/mol. The molecule has 2 aromatic carbocycles. The molecule has 3 N–H and O–H groups in total. The summed E-state index contributed by atoms with van der Waals surface area (Å²) in [6.45, 7) is 5.91. The summed E-state index contributed by atoms with van der Waals surface area (Å²) in [5.74, 6) is 0. The molecule has 0 radical (unpaired) electrons. The SMILES string of the molecule is CC(C)(CNC(=S)Nc1ccccc1)NCc1ccccc1. The van der Waals surface area contributed by atoms with E-state index in [1.54, 1.807) is 0 Å². The Balaban J connectivity index is 1.75. The van der Waals surface area contributed by atoms with Gasteiger partial charge < -0.3 is 16.0 Å². The average Bonchev–Trinajstić information content (AvgIpc) is 2.53. The minimum atomic E-state index is -0.0573. The minimum absolute atomic E-state index is 0.0573. The van der Waals surface area contributed by atoms with Gasteiger partial charge in [0.2, 0.25) is 0 Å². The first-order valence-corrected chi connectivity index (χ1v) is 7.85. The quantitative estimate of drug-likeness (QED) is 0.713. The smallest absolute Gasteiger partial charge is 0.170 e. The van der Waals surface area contributed by atoms with Gasteiger partial charge in [-0.1, -0.05) is 48.5 Å². The van der Waals surface area contributed by atoms with E-state index in [-0.39, 0.29) is 5.54 Å². The molecular formula is C18H23N3S. The van der Waals surface area contributed by atoms with Crippen LogP contribution in [0.15, 0.2) is 60.7 Å². The Morgan fingerprint density at radius 3 is 2.18 bits per heavy atom. The first-order chi connectivity index (χ1) is 10.6. The summed E-state index contributed by atoms with van der Waals surface area (Å²) in [5, 5.41) is 10.6. The molecule has 0 amide bonds. The zero-order chi connectivity index (χ0) is 15.8. The topological polar surface area (TPSA) is 36.1 Å². The van der Waals surface area contributed by atoms with Crippen LogP contribution in [0, 0.1) is 0 Å². The largest absolute Gasteiger partial charge is 0.361 e. The normalized spacial score (nSPS) is 11.0. The molecule has 0 saturated heterocycles. The van der Waals surface area contributed by atoms with Crippen molar-refractivity contribution in [1.29, 1.82) is 0 Å². The van der Waals surface area contributed by atoms with Crippen molar-refractivity contribution in [2.45, 2.75) is 25.9 Å². The number of nitrogens with one attached hydrogen (secondary N) is 3. The van der Waals surface area contributed by atoms with Crippen molar-refractivity contribution in [2.24, 2.45) is 0 Å². The highest BCUT2D eigenvalue weighted by Crippen LogP contribution is 2.06. The standard InChI is InChI=1S/C18H23N3S/c1-18(2,20-13-15-9-5-3-6-10-15)14-19-17(22)21-16-11-7-4-8-12-16/h3-12,20H,13-14H2,1-2H3,(H2,19,21,22). The van der Waals surface area contributed by atoms with E-state index in [4.69, 9.17) is 12.2 Å². The summed E-state index contributed by atoms with van der Waals surface area (Å²) in [5.41, 5.74) is 2.22. The van der Waals surface area contributed by atoms with Gasteiger partial charge in [0.1, 0.15) is 0 Å². The van der Waals surface area contributed by atoms with Crippen LogP contribution in [0.2, 0.25) is 0 Å². The monoisotopic (exact) mass is 313 g/mol. The Morgan fingerprint density at radius 1 is 0.955 bits per heavy atom. The third kappa shape index (κ3) is 5.84. The summed E-state index contributed by atoms with van der Waals surface area (Å²) >= 11 is 5.33. The van der Waals surface area contributed by atoms with E-state index < -0.39 is 0 Å². The summed E-state index contributed by atoms with van der Waals surface area (Å²) in [6, 6.07) is 20.3. The number of benzene rings is 2. The Bertz CT molecular complexity index is 582. The summed E-state index contributed by atoms with van der Waals surface area (Å²) in [4.78, 5) is 0. The Labute approximate surface area is 138 Å². The third-order valence-corrected chi connectivity index (χ3v) is 3.58. The third-order valence-electron chi connectivity index (χ3n) is 3.34. The van der Waals surface area contributed by atoms with Gasteiger partial charge in [0.25, 0.3) is 0 Å². The Morgan fingerprint density at radius 2 is 1.55 bits per heavy atom. The lowest BCUT2D eigenvalue weighted by atomic mass is 10.1. The molecule has 2 rings (SSSR count). The second-order valence-electron chi connectivity index (χ2n) is 5.90. The fraction of sp³-hybridized carbons (Fsp3) is 0.278. The number of rotatable bonds is 6. The molecule has 0 bridgehead atoms. The van der Waals surface area contributed by atoms with Gasteiger partial charge in [-0.2, -0.15) is 0 Å². The molecule has 0 aliphatic rings. The van der Waals surface area contributed by atoms with Crippen LogP contribution in [-0.2, 0) is 6.54 Å². The number of para-hydroxylation sites is 1. The molecule has 0 fully saturated rings. The minimum Gasteiger partial charge on any atom is -0.361 e. The van der Waals surface area contributed by atoms with Crippen LogP contribution >= 0.6 is 12.2 Å². The van der Waals surface area contributed by atoms with Crippen molar-refractivity contribution in [2.75, 3.05) is 11.9 Å². The van der Waals surface area contributed by atoms with Crippen LogP contribution in [0.1, 0.15) is 19.4 Å². The van der Waals surface area contributed by atoms with Crippen molar-refractivity contribution in [3.05, 3.63) is 66.2 Å². The summed E-state index contributed by atoms with van der Waals surface area (Å²) < 4.78 is 0. The molecule has 0 saturated carbocycles. The summed E-state index contributed by atoms with van der Waals surface area (Å²) in [6.07, 6.45) is 0. The van der Waals surface area contributed by atoms with E-state index in [0.717, 1.165) is 18.8 Å². The van der Waals surface area contributed by atoms with Gasteiger partial charge in [-0.15, -0.1) is 0 Å². The lowest BCUT2D eigenvalue weighted by Gasteiger charge is -2.27. The van der Waals surface area contributed by atoms with E-state index in [1.165, 1.54) is 5.56 Å². The molecule has 4 heteroatoms. The molecule has 0 atom stereocenters. The molecule has 0 heterocycles. The molecule has 0 aliphatic carbocycles. The Kier molecular flexibility index (Phi) is 5.92. The first-order valence-electron chi connectivity index (χ1n) is 7.44. The molecule has 3 nitrogen and oxygen atoms in total. The van der Waals surface area contributed by atoms with Crippen molar-refractivity contribution in [3.8, 4) is 0 Å². The maximum atomic E-state index is 5.33. The van der Waals surface area contributed by atoms with Crippen LogP contribution in [0.5, 0.6) is 0 Å². The molecule has 0 aromatic heterocycles. The highest BCUT2D eigenvalue weighted by atomic mass is 32.1. The van der Waals surface area contributed by atoms with Gasteiger partial charge in [0.15, 0.2) is 5.11 Å². The molecule has 116 valence electrons. The number of thiocarbonyl (C=S) groups is 1. The van der Waals surface area contributed by atoms with E-state index in [0.29, 0.717) is 5.11 Å². The lowest BCUT2D eigenvalue weighted by Crippen LogP contribution is -2.49. The van der Waals surface area contributed by atoms with Crippen LogP contribution < -0.4 is 16.0 Å². The van der Waals surface area contributed by atoms with Crippen molar-refractivity contribution in [1.82, 2.24) is 10.6 Å². The molecule has 0 unspecified atom stereocenters. The van der Waals surface area contributed by atoms with E-state index in [1.807, 2.05) is 36.4 Å². The lowest BCUT2D eigenvalue weighted by molar-refractivity contribution is 0.384. The fourth-order valence-electron chi connectivity index (χ4n) is 2.00. The fourth-order valence-corrected chi connectivity index (χ4v) is 2.19. The second-order valence-corrected chi connectivity index (χ2v) is 6.30. The van der Waals surface area contributed by atoms with Gasteiger partial charge in [-0.05, 0) is 43.8 Å². The molecule has 2 aromatic rings.